The molecule has 13 heteroatoms. The van der Waals surface area contributed by atoms with Crippen LogP contribution in [-0.4, -0.2) is 92.1 Å². The highest BCUT2D eigenvalue weighted by Gasteiger charge is 2.44. The van der Waals surface area contributed by atoms with Gasteiger partial charge in [-0.3, -0.25) is 10.1 Å². The zero-order valence-corrected chi connectivity index (χ0v) is 26.2. The first-order chi connectivity index (χ1) is 19.7. The number of quaternary nitrogens is 1. The number of carbonyl (C=O) groups is 3. The summed E-state index contributed by atoms with van der Waals surface area (Å²) in [5, 5.41) is 2.41. The number of aromatic nitrogens is 1. The van der Waals surface area contributed by atoms with Crippen molar-refractivity contribution in [3.63, 3.8) is 0 Å². The topological polar surface area (TPSA) is 118 Å². The van der Waals surface area contributed by atoms with Gasteiger partial charge in [-0.2, -0.15) is 0 Å². The van der Waals surface area contributed by atoms with Crippen molar-refractivity contribution in [2.45, 2.75) is 12.8 Å². The molecule has 11 nitrogen and oxygen atoms in total. The highest BCUT2D eigenvalue weighted by molar-refractivity contribution is 9.09. The maximum Gasteiger partial charge on any atom is 0.415 e. The zero-order valence-electron chi connectivity index (χ0n) is 23.9. The summed E-state index contributed by atoms with van der Waals surface area (Å²) in [5.41, 5.74) is 4.60. The average Bonchev–Trinajstić information content (AvgIpc) is 3.53. The van der Waals surface area contributed by atoms with Gasteiger partial charge in [0.2, 0.25) is 5.88 Å². The van der Waals surface area contributed by atoms with Crippen molar-refractivity contribution < 1.29 is 46.3 Å². The van der Waals surface area contributed by atoms with E-state index in [1.54, 1.807) is 41.3 Å². The molecule has 2 aromatic rings. The van der Waals surface area contributed by atoms with Gasteiger partial charge in [0.25, 0.3) is 5.91 Å². The molecule has 0 spiro atoms. The van der Waals surface area contributed by atoms with Crippen LogP contribution < -0.4 is 32.1 Å². The SMILES string of the molecule is COC(=O)C1=C(C)[NH2+]c2c(OC(=O)N3CCN(C)CC3)cc3c(c21)[C@H](CBr)CN3C(=O)/C=C/c1ccc(OC)nc1.[Cl-]. The van der Waals surface area contributed by atoms with Crippen LogP contribution in [0.1, 0.15) is 29.5 Å². The number of esters is 1. The van der Waals surface area contributed by atoms with Crippen molar-refractivity contribution in [2.75, 3.05) is 64.2 Å². The van der Waals surface area contributed by atoms with Gasteiger partial charge in [-0.15, -0.1) is 0 Å². The number of amides is 2. The predicted molar refractivity (Wildman–Crippen MR) is 156 cm³/mol. The molecule has 4 heterocycles. The second-order valence-corrected chi connectivity index (χ2v) is 10.9. The summed E-state index contributed by atoms with van der Waals surface area (Å²) >= 11 is 3.61. The van der Waals surface area contributed by atoms with Crippen molar-refractivity contribution in [3.05, 3.63) is 52.9 Å². The lowest BCUT2D eigenvalue weighted by molar-refractivity contribution is -0.512. The van der Waals surface area contributed by atoms with Crippen molar-refractivity contribution in [1.82, 2.24) is 14.8 Å². The van der Waals surface area contributed by atoms with Gasteiger partial charge in [-0.25, -0.2) is 14.6 Å². The second kappa shape index (κ2) is 13.2. The number of rotatable bonds is 6. The number of anilines is 1. The standard InChI is InChI=1S/C29H32BrN5O6.ClH/c1-17-24(28(37)40-4)26-25-19(14-30)16-35(23(36)8-6-18-5-7-22(39-3)31-15-18)20(25)13-21(27(26)32-17)41-29(38)34-11-9-33(2)10-12-34;/h5-8,13,15,19,32H,9-12,14,16H2,1-4H3;1H/b8-6+;/t19-;/m1./s1. The third-order valence-corrected chi connectivity index (χ3v) is 8.42. The first-order valence-corrected chi connectivity index (χ1v) is 14.4. The van der Waals surface area contributed by atoms with Gasteiger partial charge < -0.3 is 41.3 Å². The molecule has 2 amide bonds. The quantitative estimate of drug-likeness (QED) is 0.190. The largest absolute Gasteiger partial charge is 1.00 e. The highest BCUT2D eigenvalue weighted by atomic mass is 79.9. The fourth-order valence-corrected chi connectivity index (χ4v) is 5.95. The first-order valence-electron chi connectivity index (χ1n) is 13.3. The molecule has 0 bridgehead atoms. The third kappa shape index (κ3) is 6.03. The summed E-state index contributed by atoms with van der Waals surface area (Å²) in [5.74, 6) is -0.0371. The van der Waals surface area contributed by atoms with Crippen LogP contribution in [0.2, 0.25) is 0 Å². The Hall–Kier alpha value is -3.45. The van der Waals surface area contributed by atoms with Crippen LogP contribution in [0.15, 0.2) is 36.2 Å². The normalized spacial score (nSPS) is 18.1. The zero-order chi connectivity index (χ0) is 29.3. The molecule has 224 valence electrons. The number of hydrogen-bond donors (Lipinski definition) is 1. The smallest absolute Gasteiger partial charge is 0.415 e. The molecular weight excluding hydrogens is 630 g/mol. The minimum atomic E-state index is -0.479. The van der Waals surface area contributed by atoms with Crippen LogP contribution in [0, 0.1) is 0 Å². The Labute approximate surface area is 259 Å². The van der Waals surface area contributed by atoms with Gasteiger partial charge in [-0.1, -0.05) is 15.9 Å². The molecule has 1 atom stereocenters. The number of nitrogens with two attached hydrogens (primary N) is 1. The molecule has 2 N–H and O–H groups in total. The third-order valence-electron chi connectivity index (χ3n) is 7.64. The molecule has 0 saturated carbocycles. The first kappa shape index (κ1) is 31.5. The van der Waals surface area contributed by atoms with Crippen molar-refractivity contribution in [1.29, 1.82) is 0 Å². The lowest BCUT2D eigenvalue weighted by Crippen LogP contribution is -3.00. The number of ether oxygens (including phenoxy) is 3. The monoisotopic (exact) mass is 661 g/mol. The van der Waals surface area contributed by atoms with Crippen LogP contribution in [0.3, 0.4) is 0 Å². The Morgan fingerprint density at radius 1 is 1.17 bits per heavy atom. The Kier molecular flexibility index (Phi) is 9.93. The van der Waals surface area contributed by atoms with Gasteiger partial charge in [0.1, 0.15) is 11.3 Å². The van der Waals surface area contributed by atoms with E-state index in [-0.39, 0.29) is 24.2 Å². The summed E-state index contributed by atoms with van der Waals surface area (Å²) in [7, 11) is 4.90. The number of methoxy groups -OCH3 is 2. The molecule has 1 aromatic heterocycles. The fourth-order valence-electron chi connectivity index (χ4n) is 5.42. The Morgan fingerprint density at radius 3 is 2.52 bits per heavy atom. The number of benzene rings is 1. The van der Waals surface area contributed by atoms with E-state index >= 15 is 0 Å². The van der Waals surface area contributed by atoms with Gasteiger partial charge >= 0.3 is 12.1 Å². The summed E-state index contributed by atoms with van der Waals surface area (Å²) in [4.78, 5) is 49.4. The number of hydrogen-bond acceptors (Lipinski definition) is 8. The van der Waals surface area contributed by atoms with Gasteiger partial charge in [-0.05, 0) is 30.3 Å². The lowest BCUT2D eigenvalue weighted by Gasteiger charge is -2.31. The van der Waals surface area contributed by atoms with Crippen molar-refractivity contribution in [2.24, 2.45) is 0 Å². The van der Waals surface area contributed by atoms with Crippen LogP contribution in [0.25, 0.3) is 11.6 Å². The van der Waals surface area contributed by atoms with E-state index in [0.29, 0.717) is 64.8 Å². The van der Waals surface area contributed by atoms with Gasteiger partial charge in [0, 0.05) is 75.3 Å². The number of likely N-dealkylation sites (N-methyl/N-ethyl adjacent to an activating group) is 1. The molecular formula is C29H33BrClN5O6. The van der Waals surface area contributed by atoms with Crippen molar-refractivity contribution >= 4 is 56.9 Å². The molecule has 1 fully saturated rings. The Balaban J connectivity index is 0.00000405. The minimum absolute atomic E-state index is 0. The maximum atomic E-state index is 13.6. The molecule has 3 aliphatic rings. The summed E-state index contributed by atoms with van der Waals surface area (Å²) in [6.45, 7) is 4.83. The number of halogens is 2. The van der Waals surface area contributed by atoms with Crippen LogP contribution in [-0.2, 0) is 14.3 Å². The summed E-state index contributed by atoms with van der Waals surface area (Å²) in [6, 6.07) is 5.28. The molecule has 42 heavy (non-hydrogen) atoms. The molecule has 0 unspecified atom stereocenters. The lowest BCUT2D eigenvalue weighted by atomic mass is 9.91. The summed E-state index contributed by atoms with van der Waals surface area (Å²) < 4.78 is 16.2. The van der Waals surface area contributed by atoms with E-state index in [1.807, 2.05) is 25.4 Å². The average molecular weight is 663 g/mol. The Bertz CT molecular complexity index is 1440. The van der Waals surface area contributed by atoms with Crippen molar-refractivity contribution in [3.8, 4) is 11.6 Å². The number of allylic oxidation sites excluding steroid dienone is 1. The van der Waals surface area contributed by atoms with E-state index in [2.05, 4.69) is 25.8 Å². The minimum Gasteiger partial charge on any atom is -1.00 e. The predicted octanol–water partition coefficient (Wildman–Crippen LogP) is -0.509. The molecule has 0 radical (unpaired) electrons. The van der Waals surface area contributed by atoms with E-state index in [9.17, 15) is 14.4 Å². The van der Waals surface area contributed by atoms with E-state index < -0.39 is 12.1 Å². The number of carbonyl (C=O) groups excluding carboxylic acids is 3. The number of fused-ring (bicyclic) bond motifs is 3. The van der Waals surface area contributed by atoms with E-state index in [0.717, 1.165) is 24.2 Å². The molecule has 1 aromatic carbocycles. The highest BCUT2D eigenvalue weighted by Crippen LogP contribution is 2.50. The van der Waals surface area contributed by atoms with Crippen LogP contribution >= 0.6 is 15.9 Å². The molecule has 5 rings (SSSR count). The second-order valence-electron chi connectivity index (χ2n) is 10.2. The number of pyridine rings is 1. The number of alkyl halides is 1. The van der Waals surface area contributed by atoms with Gasteiger partial charge in [0.05, 0.1) is 25.5 Å². The van der Waals surface area contributed by atoms with Gasteiger partial charge in [0.15, 0.2) is 11.4 Å². The van der Waals surface area contributed by atoms with E-state index in [4.69, 9.17) is 14.2 Å². The van der Waals surface area contributed by atoms with Crippen LogP contribution in [0.4, 0.5) is 16.2 Å². The molecule has 1 saturated heterocycles. The molecule has 3 aliphatic heterocycles. The molecule has 0 aliphatic carbocycles. The van der Waals surface area contributed by atoms with E-state index in [1.165, 1.54) is 13.2 Å². The van der Waals surface area contributed by atoms with Crippen LogP contribution in [0.5, 0.6) is 11.6 Å². The number of nitrogens with zero attached hydrogens (tertiary/aromatic N) is 4. The fraction of sp³-hybridized carbons (Fsp3) is 0.379. The maximum absolute atomic E-state index is 13.6. The summed E-state index contributed by atoms with van der Waals surface area (Å²) in [6.07, 6.45) is 4.34. The Morgan fingerprint density at radius 2 is 1.90 bits per heavy atom. The number of piperazine rings is 1.